The van der Waals surface area contributed by atoms with Crippen LogP contribution in [0.4, 0.5) is 0 Å². The Hall–Kier alpha value is -0.970. The van der Waals surface area contributed by atoms with Gasteiger partial charge in [-0.2, -0.15) is 0 Å². The van der Waals surface area contributed by atoms with Gasteiger partial charge in [0.05, 0.1) is 20.8 Å². The van der Waals surface area contributed by atoms with E-state index >= 15 is 0 Å². The van der Waals surface area contributed by atoms with Gasteiger partial charge >= 0.3 is 0 Å². The van der Waals surface area contributed by atoms with E-state index in [0.717, 1.165) is 30.2 Å². The first-order valence-electron chi connectivity index (χ1n) is 5.22. The zero-order chi connectivity index (χ0) is 11.8. The van der Waals surface area contributed by atoms with Crippen molar-refractivity contribution in [3.63, 3.8) is 0 Å². The van der Waals surface area contributed by atoms with E-state index in [4.69, 9.17) is 14.2 Å². The van der Waals surface area contributed by atoms with Gasteiger partial charge in [-0.1, -0.05) is 6.07 Å². The van der Waals surface area contributed by atoms with Crippen molar-refractivity contribution >= 4 is 12.4 Å². The third-order valence-corrected chi connectivity index (χ3v) is 2.29. The minimum Gasteiger partial charge on any atom is -0.497 e. The van der Waals surface area contributed by atoms with Crippen molar-refractivity contribution in [1.82, 2.24) is 5.32 Å². The Kier molecular flexibility index (Phi) is 8.58. The van der Waals surface area contributed by atoms with Crippen molar-refractivity contribution in [2.45, 2.75) is 6.54 Å². The summed E-state index contributed by atoms with van der Waals surface area (Å²) in [6.07, 6.45) is 0. The number of rotatable bonds is 7. The normalized spacial score (nSPS) is 9.59. The molecule has 0 spiro atoms. The Morgan fingerprint density at radius 3 is 2.47 bits per heavy atom. The van der Waals surface area contributed by atoms with E-state index in [0.29, 0.717) is 6.61 Å². The molecule has 1 N–H and O–H groups in total. The van der Waals surface area contributed by atoms with E-state index in [1.165, 1.54) is 0 Å². The molecule has 0 atom stereocenters. The maximum atomic E-state index is 5.29. The van der Waals surface area contributed by atoms with Crippen LogP contribution in [0.5, 0.6) is 11.5 Å². The summed E-state index contributed by atoms with van der Waals surface area (Å²) >= 11 is 0. The van der Waals surface area contributed by atoms with E-state index < -0.39 is 0 Å². The highest BCUT2D eigenvalue weighted by Gasteiger charge is 2.04. The number of hydrogen-bond acceptors (Lipinski definition) is 4. The Balaban J connectivity index is 0.00000256. The fourth-order valence-electron chi connectivity index (χ4n) is 1.40. The molecule has 0 fully saturated rings. The average molecular weight is 262 g/mol. The van der Waals surface area contributed by atoms with Gasteiger partial charge in [-0.3, -0.25) is 0 Å². The quantitative estimate of drug-likeness (QED) is 0.761. The predicted molar refractivity (Wildman–Crippen MR) is 70.4 cm³/mol. The average Bonchev–Trinajstić information content (AvgIpc) is 2.34. The molecule has 0 aromatic heterocycles. The van der Waals surface area contributed by atoms with Gasteiger partial charge in [0.1, 0.15) is 11.5 Å². The summed E-state index contributed by atoms with van der Waals surface area (Å²) in [5.41, 5.74) is 1.11. The van der Waals surface area contributed by atoms with Gasteiger partial charge in [-0.05, 0) is 6.07 Å². The van der Waals surface area contributed by atoms with Crippen LogP contribution in [-0.2, 0) is 11.3 Å². The van der Waals surface area contributed by atoms with Crippen LogP contribution >= 0.6 is 12.4 Å². The molecular weight excluding hydrogens is 242 g/mol. The fourth-order valence-corrected chi connectivity index (χ4v) is 1.40. The second-order valence-corrected chi connectivity index (χ2v) is 3.35. The minimum absolute atomic E-state index is 0. The maximum absolute atomic E-state index is 5.29. The number of hydrogen-bond donors (Lipinski definition) is 1. The number of ether oxygens (including phenoxy) is 3. The first-order chi connectivity index (χ1) is 7.81. The topological polar surface area (TPSA) is 39.7 Å². The summed E-state index contributed by atoms with van der Waals surface area (Å²) < 4.78 is 15.4. The molecule has 1 aromatic carbocycles. The lowest BCUT2D eigenvalue weighted by molar-refractivity contribution is 0.199. The Labute approximate surface area is 109 Å². The van der Waals surface area contributed by atoms with Crippen LogP contribution in [0.15, 0.2) is 18.2 Å². The Morgan fingerprint density at radius 2 is 1.88 bits per heavy atom. The lowest BCUT2D eigenvalue weighted by Gasteiger charge is -2.11. The van der Waals surface area contributed by atoms with Crippen molar-refractivity contribution in [2.24, 2.45) is 0 Å². The molecule has 5 heteroatoms. The highest BCUT2D eigenvalue weighted by atomic mass is 35.5. The maximum Gasteiger partial charge on any atom is 0.127 e. The fraction of sp³-hybridized carbons (Fsp3) is 0.500. The number of halogens is 1. The second-order valence-electron chi connectivity index (χ2n) is 3.35. The zero-order valence-corrected chi connectivity index (χ0v) is 11.3. The third-order valence-electron chi connectivity index (χ3n) is 2.29. The molecule has 4 nitrogen and oxygen atoms in total. The van der Waals surface area contributed by atoms with E-state index in [2.05, 4.69) is 5.32 Å². The Morgan fingerprint density at radius 1 is 1.12 bits per heavy atom. The van der Waals surface area contributed by atoms with E-state index in [-0.39, 0.29) is 12.4 Å². The lowest BCUT2D eigenvalue weighted by Crippen LogP contribution is -2.18. The molecule has 0 saturated carbocycles. The van der Waals surface area contributed by atoms with Crippen molar-refractivity contribution in [1.29, 1.82) is 0 Å². The number of methoxy groups -OCH3 is 3. The molecule has 0 saturated heterocycles. The van der Waals surface area contributed by atoms with Crippen LogP contribution in [0.1, 0.15) is 5.56 Å². The van der Waals surface area contributed by atoms with Crippen LogP contribution in [0, 0.1) is 0 Å². The van der Waals surface area contributed by atoms with Gasteiger partial charge in [-0.25, -0.2) is 0 Å². The summed E-state index contributed by atoms with van der Waals surface area (Å²) in [6, 6.07) is 5.81. The molecule has 0 aliphatic rings. The minimum atomic E-state index is 0. The highest BCUT2D eigenvalue weighted by Crippen LogP contribution is 2.24. The monoisotopic (exact) mass is 261 g/mol. The smallest absolute Gasteiger partial charge is 0.127 e. The second kappa shape index (κ2) is 9.10. The summed E-state index contributed by atoms with van der Waals surface area (Å²) in [7, 11) is 4.99. The van der Waals surface area contributed by atoms with Crippen LogP contribution < -0.4 is 14.8 Å². The number of nitrogens with one attached hydrogen (secondary N) is 1. The zero-order valence-electron chi connectivity index (χ0n) is 10.5. The van der Waals surface area contributed by atoms with Crippen LogP contribution in [0.2, 0.25) is 0 Å². The van der Waals surface area contributed by atoms with E-state index in [1.54, 1.807) is 21.3 Å². The largest absolute Gasteiger partial charge is 0.497 e. The van der Waals surface area contributed by atoms with Gasteiger partial charge < -0.3 is 19.5 Å². The molecule has 0 bridgehead atoms. The Bertz CT molecular complexity index is 321. The van der Waals surface area contributed by atoms with Crippen LogP contribution in [0.25, 0.3) is 0 Å². The van der Waals surface area contributed by atoms with E-state index in [1.807, 2.05) is 18.2 Å². The van der Waals surface area contributed by atoms with Crippen molar-refractivity contribution in [2.75, 3.05) is 34.5 Å². The molecule has 0 heterocycles. The molecular formula is C12H20ClNO3. The van der Waals surface area contributed by atoms with Gasteiger partial charge in [0.15, 0.2) is 0 Å². The SMILES string of the molecule is COCCNCc1ccc(OC)cc1OC.Cl. The molecule has 0 radical (unpaired) electrons. The van der Waals surface area contributed by atoms with Crippen LogP contribution in [0.3, 0.4) is 0 Å². The van der Waals surface area contributed by atoms with Crippen molar-refractivity contribution in [3.05, 3.63) is 23.8 Å². The standard InChI is InChI=1S/C12H19NO3.ClH/c1-14-7-6-13-9-10-4-5-11(15-2)8-12(10)16-3;/h4-5,8,13H,6-7,9H2,1-3H3;1H. The first-order valence-corrected chi connectivity index (χ1v) is 5.22. The lowest BCUT2D eigenvalue weighted by atomic mass is 10.2. The number of benzene rings is 1. The summed E-state index contributed by atoms with van der Waals surface area (Å²) in [5.74, 6) is 1.64. The van der Waals surface area contributed by atoms with Gasteiger partial charge in [0, 0.05) is 31.8 Å². The molecule has 0 amide bonds. The molecule has 98 valence electrons. The van der Waals surface area contributed by atoms with Gasteiger partial charge in [-0.15, -0.1) is 12.4 Å². The molecule has 0 aliphatic carbocycles. The van der Waals surface area contributed by atoms with Crippen molar-refractivity contribution < 1.29 is 14.2 Å². The molecule has 1 rings (SSSR count). The summed E-state index contributed by atoms with van der Waals surface area (Å²) in [4.78, 5) is 0. The van der Waals surface area contributed by atoms with E-state index in [9.17, 15) is 0 Å². The summed E-state index contributed by atoms with van der Waals surface area (Å²) in [5, 5.41) is 3.27. The predicted octanol–water partition coefficient (Wildman–Crippen LogP) is 1.86. The molecule has 1 aromatic rings. The molecule has 0 unspecified atom stereocenters. The van der Waals surface area contributed by atoms with Crippen LogP contribution in [-0.4, -0.2) is 34.5 Å². The third kappa shape index (κ3) is 5.26. The van der Waals surface area contributed by atoms with Crippen molar-refractivity contribution in [3.8, 4) is 11.5 Å². The molecule has 17 heavy (non-hydrogen) atoms. The summed E-state index contributed by atoms with van der Waals surface area (Å²) in [6.45, 7) is 2.29. The van der Waals surface area contributed by atoms with Gasteiger partial charge in [0.2, 0.25) is 0 Å². The molecule has 0 aliphatic heterocycles. The highest BCUT2D eigenvalue weighted by molar-refractivity contribution is 5.85. The van der Waals surface area contributed by atoms with Gasteiger partial charge in [0.25, 0.3) is 0 Å². The first kappa shape index (κ1) is 16.0.